The van der Waals surface area contributed by atoms with E-state index in [0.29, 0.717) is 0 Å². The molecule has 0 atom stereocenters. The summed E-state index contributed by atoms with van der Waals surface area (Å²) in [7, 11) is 0. The zero-order chi connectivity index (χ0) is 43.7. The molecule has 0 aliphatic heterocycles. The summed E-state index contributed by atoms with van der Waals surface area (Å²) in [5.41, 5.74) is 14.0. The van der Waals surface area contributed by atoms with Crippen molar-refractivity contribution in [3.05, 3.63) is 218 Å². The van der Waals surface area contributed by atoms with Gasteiger partial charge < -0.3 is 13.6 Å². The largest absolute Gasteiger partial charge is 0.456 e. The molecule has 310 valence electrons. The first-order chi connectivity index (χ1) is 33.2. The first-order valence-electron chi connectivity index (χ1n) is 22.8. The molecule has 0 saturated carbocycles. The van der Waals surface area contributed by atoms with E-state index in [4.69, 9.17) is 14.4 Å². The number of fused-ring (bicyclic) bond motifs is 14. The van der Waals surface area contributed by atoms with Crippen LogP contribution < -0.4 is 0 Å². The van der Waals surface area contributed by atoms with E-state index in [1.807, 2.05) is 36.4 Å². The average Bonchev–Trinajstić information content (AvgIpc) is 4.04. The fourth-order valence-electron chi connectivity index (χ4n) is 11.0. The van der Waals surface area contributed by atoms with Crippen molar-refractivity contribution in [1.29, 1.82) is 0 Å². The Morgan fingerprint density at radius 3 is 1.79 bits per heavy atom. The van der Waals surface area contributed by atoms with Gasteiger partial charge >= 0.3 is 0 Å². The second-order valence-corrected chi connectivity index (χ2v) is 17.7. The summed E-state index contributed by atoms with van der Waals surface area (Å²) in [5, 5.41) is 14.2. The van der Waals surface area contributed by atoms with E-state index in [9.17, 15) is 0 Å². The maximum absolute atomic E-state index is 6.39. The van der Waals surface area contributed by atoms with Gasteiger partial charge in [-0.1, -0.05) is 140 Å². The predicted molar refractivity (Wildman–Crippen MR) is 279 cm³/mol. The highest BCUT2D eigenvalue weighted by atomic mass is 16.3. The molecule has 0 N–H and O–H groups in total. The number of nitrogens with zero attached hydrogens (tertiary/aromatic N) is 4. The predicted octanol–water partition coefficient (Wildman–Crippen LogP) is 16.5. The molecule has 5 nitrogen and oxygen atoms in total. The lowest BCUT2D eigenvalue weighted by molar-refractivity contribution is 0.669. The molecule has 15 rings (SSSR count). The third-order valence-corrected chi connectivity index (χ3v) is 14.1. The van der Waals surface area contributed by atoms with E-state index in [2.05, 4.69) is 191 Å². The zero-order valence-electron chi connectivity index (χ0n) is 36.0. The SMILES string of the molecule is c1ccc2c(c1)ccc1c3ccccc3n(-c3ccc4cc5c(cc4c3)c3ccccc3n5-c3ccc(-c4nc5ccccc5nc4-c4ccc5c(c4)oc4ccccc45)c4ccccc34)c21. The standard InChI is InChI=1S/C62H36N4O/c1-2-14-42-37(13-1)26-30-50-45-17-5-10-22-54(45)65(62(42)50)41-28-25-38-35-57-51(34-40(38)33-41)46-18-6-11-23-55(46)66(57)56-32-31-49(43-15-3-4-16-44(43)56)61-60(63-52-20-8-9-21-53(52)64-61)39-27-29-48-47-19-7-12-24-58(47)67-59(48)36-39/h1-36H. The monoisotopic (exact) mass is 852 g/mol. The van der Waals surface area contributed by atoms with Crippen LogP contribution >= 0.6 is 0 Å². The molecular weight excluding hydrogens is 817 g/mol. The van der Waals surface area contributed by atoms with Gasteiger partial charge in [0.15, 0.2) is 0 Å². The minimum Gasteiger partial charge on any atom is -0.456 e. The van der Waals surface area contributed by atoms with Crippen molar-refractivity contribution in [2.24, 2.45) is 0 Å². The highest BCUT2D eigenvalue weighted by Crippen LogP contribution is 2.43. The van der Waals surface area contributed by atoms with Gasteiger partial charge in [-0.15, -0.1) is 0 Å². The van der Waals surface area contributed by atoms with Crippen molar-refractivity contribution in [2.75, 3.05) is 0 Å². The molecule has 0 spiro atoms. The van der Waals surface area contributed by atoms with Crippen molar-refractivity contribution < 1.29 is 4.42 Å². The van der Waals surface area contributed by atoms with Gasteiger partial charge in [-0.25, -0.2) is 9.97 Å². The van der Waals surface area contributed by atoms with Crippen LogP contribution in [0.15, 0.2) is 223 Å². The lowest BCUT2D eigenvalue weighted by Gasteiger charge is -2.17. The highest BCUT2D eigenvalue weighted by Gasteiger charge is 2.22. The number of benzene rings is 11. The maximum Gasteiger partial charge on any atom is 0.136 e. The van der Waals surface area contributed by atoms with Gasteiger partial charge in [0, 0.05) is 59.9 Å². The summed E-state index contributed by atoms with van der Waals surface area (Å²) >= 11 is 0. The van der Waals surface area contributed by atoms with Crippen molar-refractivity contribution in [2.45, 2.75) is 0 Å². The average molecular weight is 853 g/mol. The third-order valence-electron chi connectivity index (χ3n) is 14.1. The minimum absolute atomic E-state index is 0.816. The quantitative estimate of drug-likeness (QED) is 0.177. The van der Waals surface area contributed by atoms with E-state index in [-0.39, 0.29) is 0 Å². The number of hydrogen-bond acceptors (Lipinski definition) is 3. The topological polar surface area (TPSA) is 48.8 Å². The Kier molecular flexibility index (Phi) is 7.44. The van der Waals surface area contributed by atoms with Crippen LogP contribution in [-0.2, 0) is 0 Å². The van der Waals surface area contributed by atoms with Crippen molar-refractivity contribution >= 4 is 109 Å². The van der Waals surface area contributed by atoms with Crippen LogP contribution in [0.1, 0.15) is 0 Å². The van der Waals surface area contributed by atoms with Crippen molar-refractivity contribution in [1.82, 2.24) is 19.1 Å². The Labute approximate surface area is 383 Å². The molecule has 0 saturated heterocycles. The molecule has 15 aromatic rings. The Morgan fingerprint density at radius 2 is 0.955 bits per heavy atom. The van der Waals surface area contributed by atoms with Crippen LogP contribution in [0, 0.1) is 0 Å². The number of hydrogen-bond donors (Lipinski definition) is 0. The number of furan rings is 1. The van der Waals surface area contributed by atoms with Gasteiger partial charge in [-0.2, -0.15) is 0 Å². The summed E-state index contributed by atoms with van der Waals surface area (Å²) in [6, 6.07) is 78.5. The van der Waals surface area contributed by atoms with Crippen molar-refractivity contribution in [3.8, 4) is 33.9 Å². The highest BCUT2D eigenvalue weighted by molar-refractivity contribution is 6.20. The maximum atomic E-state index is 6.39. The first-order valence-corrected chi connectivity index (χ1v) is 22.8. The van der Waals surface area contributed by atoms with E-state index in [1.165, 1.54) is 54.1 Å². The summed E-state index contributed by atoms with van der Waals surface area (Å²) in [6.45, 7) is 0. The molecule has 0 fully saturated rings. The van der Waals surface area contributed by atoms with Crippen LogP contribution in [-0.4, -0.2) is 19.1 Å². The summed E-state index contributed by atoms with van der Waals surface area (Å²) in [5.74, 6) is 0. The van der Waals surface area contributed by atoms with Crippen LogP contribution in [0.2, 0.25) is 0 Å². The Morgan fingerprint density at radius 1 is 0.328 bits per heavy atom. The molecular formula is C62H36N4O. The Hall–Kier alpha value is -9.06. The lowest BCUT2D eigenvalue weighted by atomic mass is 9.96. The zero-order valence-corrected chi connectivity index (χ0v) is 36.0. The summed E-state index contributed by atoms with van der Waals surface area (Å²) in [6.07, 6.45) is 0. The minimum atomic E-state index is 0.816. The van der Waals surface area contributed by atoms with E-state index in [0.717, 1.165) is 88.7 Å². The molecule has 0 aliphatic carbocycles. The second-order valence-electron chi connectivity index (χ2n) is 17.7. The third kappa shape index (κ3) is 5.25. The molecule has 4 heterocycles. The Bertz CT molecular complexity index is 4590. The van der Waals surface area contributed by atoms with E-state index in [1.54, 1.807) is 0 Å². The number of aromatic nitrogens is 4. The number of rotatable bonds is 4. The van der Waals surface area contributed by atoms with Gasteiger partial charge in [0.1, 0.15) is 11.2 Å². The molecule has 0 unspecified atom stereocenters. The fraction of sp³-hybridized carbons (Fsp3) is 0. The van der Waals surface area contributed by atoms with Crippen LogP contribution in [0.3, 0.4) is 0 Å². The van der Waals surface area contributed by atoms with Gasteiger partial charge in [0.2, 0.25) is 0 Å². The van der Waals surface area contributed by atoms with Crippen LogP contribution in [0.25, 0.3) is 143 Å². The van der Waals surface area contributed by atoms with Crippen LogP contribution in [0.5, 0.6) is 0 Å². The van der Waals surface area contributed by atoms with Gasteiger partial charge in [0.25, 0.3) is 0 Å². The second kappa shape index (κ2) is 13.7. The summed E-state index contributed by atoms with van der Waals surface area (Å²) in [4.78, 5) is 10.7. The van der Waals surface area contributed by atoms with Crippen molar-refractivity contribution in [3.63, 3.8) is 0 Å². The molecule has 67 heavy (non-hydrogen) atoms. The lowest BCUT2D eigenvalue weighted by Crippen LogP contribution is -1.99. The molecule has 0 bridgehead atoms. The van der Waals surface area contributed by atoms with E-state index >= 15 is 0 Å². The van der Waals surface area contributed by atoms with Gasteiger partial charge in [-0.05, 0) is 100 Å². The molecule has 4 aromatic heterocycles. The fourth-order valence-corrected chi connectivity index (χ4v) is 11.0. The normalized spacial score (nSPS) is 12.2. The molecule has 0 radical (unpaired) electrons. The Balaban J connectivity index is 0.934. The van der Waals surface area contributed by atoms with Crippen LogP contribution in [0.4, 0.5) is 0 Å². The molecule has 0 aliphatic rings. The molecule has 0 amide bonds. The molecule has 5 heteroatoms. The summed E-state index contributed by atoms with van der Waals surface area (Å²) < 4.78 is 11.3. The van der Waals surface area contributed by atoms with E-state index < -0.39 is 0 Å². The molecule has 11 aromatic carbocycles. The smallest absolute Gasteiger partial charge is 0.136 e. The number of para-hydroxylation sites is 5. The first kappa shape index (κ1) is 36.3. The van der Waals surface area contributed by atoms with Gasteiger partial charge in [-0.3, -0.25) is 0 Å². The van der Waals surface area contributed by atoms with Gasteiger partial charge in [0.05, 0.1) is 50.2 Å².